The standard InChI is InChI=1S/C87H96Cl2N10O28S/c1-34(2)20-49(92-5)78(112)98-66-68(105)40-13-17-53(47(88)23-40)121-55-25-42-26-56(75(55)126-86-73(110)71(108)76(58(33-100)124-86)127-85-72(109)70(107)69(106)57(123-85)32-93-31-44-15-19-59(128-44)38-11-10-36-8-6-7-9-37(36)21-38)122-54-18-14-41(24-48(54)89)74(125-61-30-87(4,91)77(111)35(3)120-61)67-83(117)97-65(84(118)119)46-27-43(101)28-52(103)62(46)45-22-39(12-16-51(45)102)63(80(114)99-67)96-81(115)64(42)95-79(113)50(29-60(90)104)94-82(66)116/h6-19,21-28,34-35,49-50,57-58,61,63-74,76-77,85-86,92-93,100-103,105-111H,20,29-33,91H2,1-5H3,(H2,90,104)(H,94,116)(H,95,113)(H,96,115)(H,97,117)(H,98,112)(H,99,114)(H,118,119)/t35-,49+,50-,57+,58+,61-,63+,64+,65+,66?,67-,68+,69-,70-,71+,72+,73+,74+,76+,77-,85-,86-,87-/m0/s1. The van der Waals surface area contributed by atoms with Crippen LogP contribution in [0.4, 0.5) is 0 Å². The number of ether oxygens (including phenoxy) is 8. The lowest BCUT2D eigenvalue weighted by atomic mass is 9.86. The lowest BCUT2D eigenvalue weighted by Gasteiger charge is -2.46. The first kappa shape index (κ1) is 93.2. The smallest absolute Gasteiger partial charge is 0.330 e. The quantitative estimate of drug-likeness (QED) is 0.0521. The number of nitrogens with two attached hydrogens (primary N) is 2. The molecule has 3 fully saturated rings. The minimum Gasteiger partial charge on any atom is -0.508 e. The third-order valence-electron chi connectivity index (χ3n) is 23.0. The predicted molar refractivity (Wildman–Crippen MR) is 454 cm³/mol. The number of carbonyl (C=O) groups is 8. The zero-order chi connectivity index (χ0) is 91.9. The second kappa shape index (κ2) is 38.7. The number of hydrogen-bond donors (Lipinski definition) is 22. The number of carbonyl (C=O) groups excluding carboxylic acids is 7. The number of carboxylic acids is 1. The van der Waals surface area contributed by atoms with E-state index >= 15 is 24.0 Å². The van der Waals surface area contributed by atoms with Gasteiger partial charge in [-0.05, 0) is 145 Å². The fourth-order valence-corrected chi connectivity index (χ4v) is 17.7. The van der Waals surface area contributed by atoms with Crippen LogP contribution >= 0.6 is 34.5 Å². The van der Waals surface area contributed by atoms with Gasteiger partial charge in [0, 0.05) is 57.6 Å². The molecule has 0 aliphatic carbocycles. The molecule has 0 radical (unpaired) electrons. The van der Waals surface area contributed by atoms with E-state index in [2.05, 4.69) is 48.6 Å². The van der Waals surface area contributed by atoms with Gasteiger partial charge in [-0.1, -0.05) is 91.6 Å². The number of phenolic OH excluding ortho intramolecular Hbond substituents is 3. The van der Waals surface area contributed by atoms with Crippen molar-refractivity contribution in [2.45, 2.75) is 193 Å². The molecule has 8 aliphatic rings. The Labute approximate surface area is 743 Å². The van der Waals surface area contributed by atoms with Gasteiger partial charge in [-0.2, -0.15) is 0 Å². The molecule has 41 heteroatoms. The van der Waals surface area contributed by atoms with Crippen LogP contribution < -0.4 is 68.2 Å². The lowest BCUT2D eigenvalue weighted by molar-refractivity contribution is -0.350. The number of aromatic hydroxyl groups is 3. The maximum atomic E-state index is 16.5. The maximum Gasteiger partial charge on any atom is 0.330 e. The second-order valence-electron chi connectivity index (χ2n) is 32.8. The molecule has 9 heterocycles. The number of halogens is 2. The molecular formula is C87H96Cl2N10O28S. The summed E-state index contributed by atoms with van der Waals surface area (Å²) in [5.41, 5.74) is 9.01. The maximum absolute atomic E-state index is 16.5. The molecule has 0 spiro atoms. The van der Waals surface area contributed by atoms with Crippen molar-refractivity contribution < 1.29 is 138 Å². The van der Waals surface area contributed by atoms with E-state index in [9.17, 15) is 75.7 Å². The highest BCUT2D eigenvalue weighted by molar-refractivity contribution is 7.15. The summed E-state index contributed by atoms with van der Waals surface area (Å²) in [4.78, 5) is 122. The number of likely N-dealkylation sites (N-methyl/N-ethyl adjacent to an activating group) is 1. The Balaban J connectivity index is 0.902. The number of amides is 7. The number of carboxylic acid groups (broad SMARTS) is 1. The highest BCUT2D eigenvalue weighted by Gasteiger charge is 2.53. The first-order valence-corrected chi connectivity index (χ1v) is 42.3. The molecule has 8 aliphatic heterocycles. The van der Waals surface area contributed by atoms with E-state index in [1.54, 1.807) is 0 Å². The number of phenols is 3. The zero-order valence-corrected chi connectivity index (χ0v) is 71.3. The van der Waals surface area contributed by atoms with Crippen molar-refractivity contribution in [2.24, 2.45) is 17.4 Å². The molecule has 7 aromatic carbocycles. The van der Waals surface area contributed by atoms with Crippen LogP contribution in [0.25, 0.3) is 32.3 Å². The van der Waals surface area contributed by atoms with Crippen molar-refractivity contribution >= 4 is 92.6 Å². The third-order valence-corrected chi connectivity index (χ3v) is 24.8. The van der Waals surface area contributed by atoms with Gasteiger partial charge in [0.25, 0.3) is 0 Å². The molecule has 682 valence electrons. The van der Waals surface area contributed by atoms with Crippen LogP contribution in [0, 0.1) is 5.92 Å². The van der Waals surface area contributed by atoms with Gasteiger partial charge in [0.15, 0.2) is 30.1 Å². The first-order valence-electron chi connectivity index (χ1n) is 40.8. The summed E-state index contributed by atoms with van der Waals surface area (Å²) in [6.45, 7) is 5.53. The zero-order valence-electron chi connectivity index (χ0n) is 68.9. The van der Waals surface area contributed by atoms with Crippen molar-refractivity contribution in [3.63, 3.8) is 0 Å². The van der Waals surface area contributed by atoms with Gasteiger partial charge < -0.3 is 153 Å². The number of fused-ring (bicyclic) bond motifs is 16. The molecule has 8 aromatic rings. The molecule has 3 saturated heterocycles. The minimum absolute atomic E-state index is 0.129. The number of benzene rings is 7. The molecular weight excluding hydrogens is 1740 g/mol. The van der Waals surface area contributed by atoms with Gasteiger partial charge in [0.2, 0.25) is 53.4 Å². The number of aliphatic carboxylic acids is 1. The van der Waals surface area contributed by atoms with Crippen molar-refractivity contribution in [1.82, 2.24) is 42.5 Å². The molecule has 11 bridgehead atoms. The van der Waals surface area contributed by atoms with Gasteiger partial charge in [-0.25, -0.2) is 4.79 Å². The van der Waals surface area contributed by atoms with E-state index in [-0.39, 0.29) is 48.5 Å². The van der Waals surface area contributed by atoms with Crippen molar-refractivity contribution in [2.75, 3.05) is 20.2 Å². The predicted octanol–water partition coefficient (Wildman–Crippen LogP) is 2.61. The highest BCUT2D eigenvalue weighted by atomic mass is 35.5. The van der Waals surface area contributed by atoms with Crippen LogP contribution in [0.3, 0.4) is 0 Å². The third kappa shape index (κ3) is 19.9. The van der Waals surface area contributed by atoms with Crippen LogP contribution in [0.5, 0.6) is 46.0 Å². The molecule has 23 atom stereocenters. The summed E-state index contributed by atoms with van der Waals surface area (Å²) in [6.07, 6.45) is -29.0. The number of rotatable bonds is 20. The molecule has 7 amide bonds. The van der Waals surface area contributed by atoms with E-state index in [0.717, 1.165) is 92.8 Å². The van der Waals surface area contributed by atoms with Crippen molar-refractivity contribution in [1.29, 1.82) is 0 Å². The van der Waals surface area contributed by atoms with E-state index in [1.807, 2.05) is 62.4 Å². The topological polar surface area (TPSA) is 601 Å². The molecule has 1 unspecified atom stereocenters. The summed E-state index contributed by atoms with van der Waals surface area (Å²) >= 11 is 16.0. The monoisotopic (exact) mass is 1830 g/mol. The van der Waals surface area contributed by atoms with Crippen LogP contribution in [-0.2, 0) is 68.6 Å². The number of aliphatic hydroxyl groups excluding tert-OH is 8. The van der Waals surface area contributed by atoms with Gasteiger partial charge in [-0.15, -0.1) is 11.3 Å². The summed E-state index contributed by atoms with van der Waals surface area (Å²) in [7, 11) is 1.46. The Hall–Kier alpha value is -11.0. The fraction of sp³-hybridized carbons (Fsp3) is 0.402. The van der Waals surface area contributed by atoms with E-state index in [0.29, 0.717) is 0 Å². The van der Waals surface area contributed by atoms with Crippen LogP contribution in [0.2, 0.25) is 10.0 Å². The Kier molecular flexibility index (Phi) is 28.2. The van der Waals surface area contributed by atoms with E-state index in [1.165, 1.54) is 44.4 Å². The molecule has 24 N–H and O–H groups in total. The lowest BCUT2D eigenvalue weighted by Crippen LogP contribution is -2.65. The summed E-state index contributed by atoms with van der Waals surface area (Å²) < 4.78 is 51.4. The van der Waals surface area contributed by atoms with Crippen molar-refractivity contribution in [3.05, 3.63) is 176 Å². The average Bonchev–Trinajstić information content (AvgIpc) is 0.965. The summed E-state index contributed by atoms with van der Waals surface area (Å²) in [5.74, 6) is -16.6. The number of nitrogens with one attached hydrogen (secondary N) is 8. The minimum atomic E-state index is -2.42. The van der Waals surface area contributed by atoms with Crippen LogP contribution in [-0.4, -0.2) is 238 Å². The molecule has 16 rings (SSSR count). The molecule has 128 heavy (non-hydrogen) atoms. The number of thiophene rings is 1. The fourth-order valence-electron chi connectivity index (χ4n) is 16.3. The SMILES string of the molecule is CN[C@H](CC(C)C)C(=O)NC1C(=O)N[C@@H](CC(N)=O)C(=O)N[C@H]2C(=O)N[C@H]3C(=O)N[C@H](C(=O)N[C@@H](C(=O)O)c4cc(O)cc(O)c4-c4cc3ccc4O)[C@H](O[C@H]3C[C@](C)(N)[C@@H](O)[C@H](C)O3)c3ccc(c(Cl)c3)Oc3cc2cc(c3O[C@@H]2O[C@H](CO)[C@@H](O[C@@H]3O[C@H](CNCc4ccc(-c5ccc6ccccc6c5)s4)[C@H](O)[C@H](O)[C@H]3O)[C@H](O)[C@H]2O)Oc2ccc(cc2Cl)[C@H]1O. The van der Waals surface area contributed by atoms with Gasteiger partial charge in [-0.3, -0.25) is 33.6 Å². The van der Waals surface area contributed by atoms with Crippen LogP contribution in [0.1, 0.15) is 110 Å². The first-order chi connectivity index (χ1) is 60.8. The van der Waals surface area contributed by atoms with Gasteiger partial charge >= 0.3 is 5.97 Å². The normalized spacial score (nSPS) is 29.4. The second-order valence-corrected chi connectivity index (χ2v) is 34.8. The van der Waals surface area contributed by atoms with Crippen LogP contribution in [0.15, 0.2) is 133 Å². The Bertz CT molecular complexity index is 5560. The largest absolute Gasteiger partial charge is 0.508 e. The van der Waals surface area contributed by atoms with Gasteiger partial charge in [0.05, 0.1) is 41.3 Å². The Morgan fingerprint density at radius 3 is 1.96 bits per heavy atom. The molecule has 0 saturated carbocycles. The van der Waals surface area contributed by atoms with Crippen molar-refractivity contribution in [3.8, 4) is 67.6 Å². The van der Waals surface area contributed by atoms with E-state index < -0.39 is 279 Å². The number of aliphatic hydroxyl groups is 8. The Morgan fingerprint density at radius 1 is 0.648 bits per heavy atom. The van der Waals surface area contributed by atoms with Gasteiger partial charge in [0.1, 0.15) is 120 Å². The average molecular weight is 1830 g/mol. The molecule has 1 aromatic heterocycles. The highest BCUT2D eigenvalue weighted by Crippen LogP contribution is 2.51. The number of primary amides is 1. The summed E-state index contributed by atoms with van der Waals surface area (Å²) in [6, 6.07) is 17.0. The Morgan fingerprint density at radius 2 is 1.30 bits per heavy atom. The number of hydrogen-bond acceptors (Lipinski definition) is 31. The van der Waals surface area contributed by atoms with E-state index in [4.69, 9.17) is 72.6 Å². The summed E-state index contributed by atoms with van der Waals surface area (Å²) in [5, 5.41) is 162. The molecule has 38 nitrogen and oxygen atoms in total.